The number of rotatable bonds is 3. The second-order valence-electron chi connectivity index (χ2n) is 5.80. The Morgan fingerprint density at radius 2 is 1.52 bits per heavy atom. The summed E-state index contributed by atoms with van der Waals surface area (Å²) in [5.74, 6) is 2.47. The lowest BCUT2D eigenvalue weighted by Crippen LogP contribution is -2.20. The standard InChI is InChI=1S/C22H12O5/c23-11-15-10-18(22(26)27)19(12-24)20(13-25)21(15)17-9-5-4-8-16(17)14-6-2-1-3-7-14/h1-10,21H,(H,26,27). The van der Waals surface area contributed by atoms with Crippen molar-refractivity contribution in [2.24, 2.45) is 0 Å². The summed E-state index contributed by atoms with van der Waals surface area (Å²) in [5, 5.41) is 9.30. The number of carbonyl (C=O) groups is 1. The summed E-state index contributed by atoms with van der Waals surface area (Å²) in [6.45, 7) is 0. The topological polar surface area (TPSA) is 88.5 Å². The fourth-order valence-electron chi connectivity index (χ4n) is 3.19. The SMILES string of the molecule is O=C=C1C(=C=O)C(c2ccccc2-c2ccccc2)C(=C=O)C=C1C(=O)O. The monoisotopic (exact) mass is 356 g/mol. The van der Waals surface area contributed by atoms with E-state index >= 15 is 0 Å². The first-order valence-corrected chi connectivity index (χ1v) is 7.97. The predicted molar refractivity (Wildman–Crippen MR) is 98.0 cm³/mol. The van der Waals surface area contributed by atoms with Crippen molar-refractivity contribution in [3.05, 3.63) is 88.5 Å². The zero-order valence-electron chi connectivity index (χ0n) is 13.9. The summed E-state index contributed by atoms with van der Waals surface area (Å²) in [6, 6.07) is 16.3. The van der Waals surface area contributed by atoms with Crippen LogP contribution < -0.4 is 0 Å². The second kappa shape index (κ2) is 7.49. The zero-order valence-corrected chi connectivity index (χ0v) is 13.9. The van der Waals surface area contributed by atoms with Crippen molar-refractivity contribution in [3.8, 4) is 11.1 Å². The molecule has 1 aliphatic rings. The molecule has 5 heteroatoms. The van der Waals surface area contributed by atoms with Gasteiger partial charge in [0.1, 0.15) is 17.8 Å². The van der Waals surface area contributed by atoms with E-state index in [9.17, 15) is 24.3 Å². The molecular weight excluding hydrogens is 344 g/mol. The summed E-state index contributed by atoms with van der Waals surface area (Å²) in [4.78, 5) is 46.1. The summed E-state index contributed by atoms with van der Waals surface area (Å²) in [6.07, 6.45) is 1.06. The van der Waals surface area contributed by atoms with Crippen LogP contribution in [0.3, 0.4) is 0 Å². The van der Waals surface area contributed by atoms with E-state index < -0.39 is 23.0 Å². The first kappa shape index (κ1) is 17.8. The molecule has 2 aromatic carbocycles. The molecule has 1 N–H and O–H groups in total. The zero-order chi connectivity index (χ0) is 19.4. The van der Waals surface area contributed by atoms with E-state index in [1.807, 2.05) is 36.4 Å². The average molecular weight is 356 g/mol. The highest BCUT2D eigenvalue weighted by Gasteiger charge is 2.36. The van der Waals surface area contributed by atoms with Crippen LogP contribution in [-0.2, 0) is 19.2 Å². The molecule has 130 valence electrons. The van der Waals surface area contributed by atoms with Gasteiger partial charge in [-0.2, -0.15) is 0 Å². The Hall–Kier alpha value is -4.00. The molecule has 0 radical (unpaired) electrons. The Balaban J connectivity index is 2.32. The Bertz CT molecular complexity index is 1100. The van der Waals surface area contributed by atoms with Gasteiger partial charge in [0.15, 0.2) is 0 Å². The fourth-order valence-corrected chi connectivity index (χ4v) is 3.19. The highest BCUT2D eigenvalue weighted by Crippen LogP contribution is 2.43. The van der Waals surface area contributed by atoms with Crippen LogP contribution in [0.5, 0.6) is 0 Å². The number of allylic oxidation sites excluding steroid dienone is 3. The molecule has 1 aliphatic carbocycles. The minimum atomic E-state index is -1.44. The van der Waals surface area contributed by atoms with Gasteiger partial charge in [-0.05, 0) is 22.8 Å². The summed E-state index contributed by atoms with van der Waals surface area (Å²) in [5.41, 5.74) is 0.947. The van der Waals surface area contributed by atoms with E-state index in [0.29, 0.717) is 5.56 Å². The van der Waals surface area contributed by atoms with Crippen LogP contribution in [0.1, 0.15) is 11.5 Å². The maximum atomic E-state index is 11.7. The maximum Gasteiger partial charge on any atom is 0.337 e. The summed E-state index contributed by atoms with van der Waals surface area (Å²) in [7, 11) is 0. The Morgan fingerprint density at radius 3 is 2.11 bits per heavy atom. The number of benzene rings is 2. The summed E-state index contributed by atoms with van der Waals surface area (Å²) < 4.78 is 0. The van der Waals surface area contributed by atoms with Crippen LogP contribution >= 0.6 is 0 Å². The molecule has 0 spiro atoms. The molecule has 0 heterocycles. The number of hydrogen-bond acceptors (Lipinski definition) is 4. The summed E-state index contributed by atoms with van der Waals surface area (Å²) >= 11 is 0. The normalized spacial score (nSPS) is 16.1. The molecular formula is C22H12O5. The Kier molecular flexibility index (Phi) is 4.94. The van der Waals surface area contributed by atoms with Gasteiger partial charge in [-0.1, -0.05) is 54.6 Å². The molecule has 0 aromatic heterocycles. The molecule has 0 bridgehead atoms. The Morgan fingerprint density at radius 1 is 0.852 bits per heavy atom. The number of carboxylic acids is 1. The molecule has 1 unspecified atom stereocenters. The average Bonchev–Trinajstić information content (AvgIpc) is 2.72. The van der Waals surface area contributed by atoms with Crippen molar-refractivity contribution in [2.45, 2.75) is 5.92 Å². The molecule has 0 saturated heterocycles. The van der Waals surface area contributed by atoms with Gasteiger partial charge in [-0.25, -0.2) is 19.2 Å². The molecule has 27 heavy (non-hydrogen) atoms. The molecule has 5 nitrogen and oxygen atoms in total. The number of hydrogen-bond donors (Lipinski definition) is 1. The minimum Gasteiger partial charge on any atom is -0.478 e. The molecule has 0 saturated carbocycles. The van der Waals surface area contributed by atoms with Gasteiger partial charge in [-0.3, -0.25) is 0 Å². The number of aliphatic carboxylic acids is 1. The second-order valence-corrected chi connectivity index (χ2v) is 5.80. The van der Waals surface area contributed by atoms with E-state index in [0.717, 1.165) is 17.2 Å². The van der Waals surface area contributed by atoms with Crippen LogP contribution in [0.4, 0.5) is 0 Å². The van der Waals surface area contributed by atoms with E-state index in [1.165, 1.54) is 5.94 Å². The van der Waals surface area contributed by atoms with Crippen molar-refractivity contribution in [1.29, 1.82) is 0 Å². The largest absolute Gasteiger partial charge is 0.478 e. The van der Waals surface area contributed by atoms with Crippen molar-refractivity contribution in [3.63, 3.8) is 0 Å². The quantitative estimate of drug-likeness (QED) is 0.855. The molecule has 0 aliphatic heterocycles. The predicted octanol–water partition coefficient (Wildman–Crippen LogP) is 2.74. The van der Waals surface area contributed by atoms with Crippen molar-refractivity contribution >= 4 is 23.8 Å². The van der Waals surface area contributed by atoms with Gasteiger partial charge in [0, 0.05) is 5.57 Å². The smallest absolute Gasteiger partial charge is 0.337 e. The molecule has 3 rings (SSSR count). The van der Waals surface area contributed by atoms with Crippen LogP contribution in [0.2, 0.25) is 0 Å². The van der Waals surface area contributed by atoms with E-state index in [2.05, 4.69) is 0 Å². The highest BCUT2D eigenvalue weighted by atomic mass is 16.4. The maximum absolute atomic E-state index is 11.7. The van der Waals surface area contributed by atoms with Crippen molar-refractivity contribution in [2.75, 3.05) is 0 Å². The van der Waals surface area contributed by atoms with Crippen molar-refractivity contribution < 1.29 is 24.3 Å². The van der Waals surface area contributed by atoms with Crippen LogP contribution in [-0.4, -0.2) is 28.9 Å². The number of carbonyl (C=O) groups excluding carboxylic acids is 3. The lowest BCUT2D eigenvalue weighted by molar-refractivity contribution is -0.132. The molecule has 2 aromatic rings. The third-order valence-electron chi connectivity index (χ3n) is 4.36. The van der Waals surface area contributed by atoms with Gasteiger partial charge in [0.2, 0.25) is 0 Å². The van der Waals surface area contributed by atoms with E-state index in [4.69, 9.17) is 0 Å². The van der Waals surface area contributed by atoms with Gasteiger partial charge < -0.3 is 5.11 Å². The molecule has 0 fully saturated rings. The first-order valence-electron chi connectivity index (χ1n) is 7.97. The molecule has 1 atom stereocenters. The van der Waals surface area contributed by atoms with E-state index in [1.54, 1.807) is 30.1 Å². The number of carboxylic acid groups (broad SMARTS) is 1. The van der Waals surface area contributed by atoms with Crippen LogP contribution in [0.25, 0.3) is 11.1 Å². The van der Waals surface area contributed by atoms with Gasteiger partial charge in [0.05, 0.1) is 22.6 Å². The van der Waals surface area contributed by atoms with Crippen molar-refractivity contribution in [1.82, 2.24) is 0 Å². The van der Waals surface area contributed by atoms with Gasteiger partial charge in [0.25, 0.3) is 0 Å². The third kappa shape index (κ3) is 3.13. The van der Waals surface area contributed by atoms with Gasteiger partial charge >= 0.3 is 5.97 Å². The first-order chi connectivity index (χ1) is 13.1. The Labute approximate surface area is 154 Å². The van der Waals surface area contributed by atoms with Crippen LogP contribution in [0, 0.1) is 0 Å². The molecule has 0 amide bonds. The lowest BCUT2D eigenvalue weighted by Gasteiger charge is -2.25. The third-order valence-corrected chi connectivity index (χ3v) is 4.36. The van der Waals surface area contributed by atoms with Gasteiger partial charge in [-0.15, -0.1) is 0 Å². The van der Waals surface area contributed by atoms with Crippen LogP contribution in [0.15, 0.2) is 83.0 Å². The fraction of sp³-hybridized carbons (Fsp3) is 0.0455. The minimum absolute atomic E-state index is 0.0619. The van der Waals surface area contributed by atoms with E-state index in [-0.39, 0.29) is 11.1 Å². The lowest BCUT2D eigenvalue weighted by atomic mass is 9.74. The highest BCUT2D eigenvalue weighted by molar-refractivity contribution is 6.02.